The summed E-state index contributed by atoms with van der Waals surface area (Å²) in [5.74, 6) is -6.25. The van der Waals surface area contributed by atoms with Crippen LogP contribution in [0.15, 0.2) is 12.7 Å². The number of nitrogens with zero attached hydrogens (tertiary/aromatic N) is 2. The largest absolute Gasteiger partial charge is 0.490 e. The first-order valence-electron chi connectivity index (χ1n) is 6.98. The minimum atomic E-state index is -5.08. The van der Waals surface area contributed by atoms with Gasteiger partial charge in [-0.15, -0.1) is 6.58 Å². The molecule has 158 valence electrons. The van der Waals surface area contributed by atoms with Gasteiger partial charge in [0.05, 0.1) is 6.54 Å². The first kappa shape index (κ1) is 26.9. The van der Waals surface area contributed by atoms with E-state index in [1.165, 1.54) is 0 Å². The quantitative estimate of drug-likeness (QED) is 0.465. The zero-order valence-electron chi connectivity index (χ0n) is 13.8. The monoisotopic (exact) mass is 412 g/mol. The van der Waals surface area contributed by atoms with E-state index in [0.717, 1.165) is 32.7 Å². The number of carbonyl (C=O) groups is 3. The molecule has 0 aliphatic carbocycles. The minimum Gasteiger partial charge on any atom is -0.480 e. The van der Waals surface area contributed by atoms with E-state index < -0.39 is 30.3 Å². The Kier molecular flexibility index (Phi) is 12.1. The molecule has 0 unspecified atom stereocenters. The zero-order valence-corrected chi connectivity index (χ0v) is 13.8. The van der Waals surface area contributed by atoms with Gasteiger partial charge in [-0.1, -0.05) is 6.08 Å². The summed E-state index contributed by atoms with van der Waals surface area (Å²) in [6, 6.07) is 0. The SMILES string of the molecule is C=CCN1CCN(CC(=O)O)CC1.O=C(O)C(F)(F)F.O=C(O)C(F)(F)F. The van der Waals surface area contributed by atoms with Gasteiger partial charge in [-0.2, -0.15) is 26.3 Å². The van der Waals surface area contributed by atoms with Crippen LogP contribution in [-0.2, 0) is 14.4 Å². The second kappa shape index (κ2) is 12.1. The van der Waals surface area contributed by atoms with Gasteiger partial charge >= 0.3 is 30.3 Å². The smallest absolute Gasteiger partial charge is 0.480 e. The third-order valence-electron chi connectivity index (χ3n) is 2.70. The maximum absolute atomic E-state index is 10.6. The molecule has 0 aromatic carbocycles. The maximum atomic E-state index is 10.6. The van der Waals surface area contributed by atoms with E-state index in [1.807, 2.05) is 11.0 Å². The predicted octanol–water partition coefficient (Wildman–Crippen LogP) is 1.14. The molecule has 1 fully saturated rings. The van der Waals surface area contributed by atoms with Crippen molar-refractivity contribution in [2.45, 2.75) is 12.4 Å². The van der Waals surface area contributed by atoms with Gasteiger partial charge < -0.3 is 15.3 Å². The van der Waals surface area contributed by atoms with Gasteiger partial charge in [0, 0.05) is 32.7 Å². The van der Waals surface area contributed by atoms with Crippen molar-refractivity contribution in [3.63, 3.8) is 0 Å². The fraction of sp³-hybridized carbons (Fsp3) is 0.615. The molecule has 0 bridgehead atoms. The Balaban J connectivity index is 0. The topological polar surface area (TPSA) is 118 Å². The lowest BCUT2D eigenvalue weighted by Gasteiger charge is -2.32. The molecule has 14 heteroatoms. The Labute approximate surface area is 149 Å². The van der Waals surface area contributed by atoms with Crippen LogP contribution < -0.4 is 0 Å². The molecule has 27 heavy (non-hydrogen) atoms. The molecule has 0 aromatic rings. The number of rotatable bonds is 4. The van der Waals surface area contributed by atoms with Crippen molar-refractivity contribution in [2.24, 2.45) is 0 Å². The lowest BCUT2D eigenvalue weighted by atomic mass is 10.3. The maximum Gasteiger partial charge on any atom is 0.490 e. The Morgan fingerprint density at radius 3 is 1.33 bits per heavy atom. The lowest BCUT2D eigenvalue weighted by molar-refractivity contribution is -0.193. The van der Waals surface area contributed by atoms with Crippen LogP contribution in [0.25, 0.3) is 0 Å². The molecule has 0 atom stereocenters. The van der Waals surface area contributed by atoms with Gasteiger partial charge in [0.2, 0.25) is 0 Å². The number of carboxylic acids is 3. The third-order valence-corrected chi connectivity index (χ3v) is 2.70. The van der Waals surface area contributed by atoms with Crippen LogP contribution in [0.3, 0.4) is 0 Å². The van der Waals surface area contributed by atoms with Crippen LogP contribution >= 0.6 is 0 Å². The van der Waals surface area contributed by atoms with Gasteiger partial charge in [0.1, 0.15) is 0 Å². The van der Waals surface area contributed by atoms with Gasteiger partial charge in [0.15, 0.2) is 0 Å². The Bertz CT molecular complexity index is 477. The molecule has 1 aliphatic rings. The van der Waals surface area contributed by atoms with Crippen molar-refractivity contribution < 1.29 is 56.0 Å². The molecule has 0 radical (unpaired) electrons. The zero-order chi connectivity index (χ0) is 21.8. The van der Waals surface area contributed by atoms with Crippen LogP contribution in [0.2, 0.25) is 0 Å². The lowest BCUT2D eigenvalue weighted by Crippen LogP contribution is -2.47. The summed E-state index contributed by atoms with van der Waals surface area (Å²) in [7, 11) is 0. The summed E-state index contributed by atoms with van der Waals surface area (Å²) in [6.07, 6.45) is -8.28. The summed E-state index contributed by atoms with van der Waals surface area (Å²) in [6.45, 7) is 8.33. The van der Waals surface area contributed by atoms with Crippen LogP contribution in [0.5, 0.6) is 0 Å². The number of carboxylic acid groups (broad SMARTS) is 3. The van der Waals surface area contributed by atoms with Crippen LogP contribution in [0.4, 0.5) is 26.3 Å². The molecule has 1 saturated heterocycles. The van der Waals surface area contributed by atoms with Crippen molar-refractivity contribution in [3.8, 4) is 0 Å². The summed E-state index contributed by atoms with van der Waals surface area (Å²) in [5.41, 5.74) is 0. The summed E-state index contributed by atoms with van der Waals surface area (Å²) >= 11 is 0. The molecule has 1 heterocycles. The van der Waals surface area contributed by atoms with Gasteiger partial charge in [-0.05, 0) is 0 Å². The van der Waals surface area contributed by atoms with E-state index >= 15 is 0 Å². The highest BCUT2D eigenvalue weighted by atomic mass is 19.4. The van der Waals surface area contributed by atoms with Crippen molar-refractivity contribution in [1.82, 2.24) is 9.80 Å². The van der Waals surface area contributed by atoms with E-state index in [1.54, 1.807) is 0 Å². The molecule has 1 rings (SSSR count). The molecule has 3 N–H and O–H groups in total. The number of hydrogen-bond donors (Lipinski definition) is 3. The van der Waals surface area contributed by atoms with E-state index in [4.69, 9.17) is 24.9 Å². The van der Waals surface area contributed by atoms with E-state index in [0.29, 0.717) is 0 Å². The molecule has 0 aromatic heterocycles. The second-order valence-corrected chi connectivity index (χ2v) is 4.86. The van der Waals surface area contributed by atoms with Crippen molar-refractivity contribution in [3.05, 3.63) is 12.7 Å². The van der Waals surface area contributed by atoms with Gasteiger partial charge in [-0.3, -0.25) is 14.6 Å². The summed E-state index contributed by atoms with van der Waals surface area (Å²) in [5, 5.41) is 22.8. The fourth-order valence-electron chi connectivity index (χ4n) is 1.50. The van der Waals surface area contributed by atoms with Gasteiger partial charge in [0.25, 0.3) is 0 Å². The van der Waals surface area contributed by atoms with Crippen LogP contribution in [-0.4, -0.2) is 94.6 Å². The third kappa shape index (κ3) is 15.6. The van der Waals surface area contributed by atoms with E-state index in [9.17, 15) is 31.1 Å². The Hall–Kier alpha value is -2.35. The number of alkyl halides is 6. The van der Waals surface area contributed by atoms with Gasteiger partial charge in [-0.25, -0.2) is 9.59 Å². The average molecular weight is 412 g/mol. The molecule has 0 amide bonds. The number of halogens is 6. The fourth-order valence-corrected chi connectivity index (χ4v) is 1.50. The van der Waals surface area contributed by atoms with Crippen molar-refractivity contribution in [1.29, 1.82) is 0 Å². The number of hydrogen-bond acceptors (Lipinski definition) is 5. The highest BCUT2D eigenvalue weighted by Gasteiger charge is 2.38. The summed E-state index contributed by atoms with van der Waals surface area (Å²) in [4.78, 5) is 32.4. The predicted molar refractivity (Wildman–Crippen MR) is 78.1 cm³/mol. The molecule has 0 saturated carbocycles. The first-order valence-corrected chi connectivity index (χ1v) is 6.98. The highest BCUT2D eigenvalue weighted by Crippen LogP contribution is 2.13. The number of piperazine rings is 1. The Morgan fingerprint density at radius 2 is 1.11 bits per heavy atom. The normalized spacial score (nSPS) is 15.5. The minimum absolute atomic E-state index is 0.169. The standard InChI is InChI=1S/C9H16N2O2.2C2HF3O2/c1-2-3-10-4-6-11(7-5-10)8-9(12)13;2*3-2(4,5)1(6)7/h2H,1,3-8H2,(H,12,13);2*(H,6,7). The Morgan fingerprint density at radius 1 is 0.815 bits per heavy atom. The number of aliphatic carboxylic acids is 3. The molecular weight excluding hydrogens is 394 g/mol. The van der Waals surface area contributed by atoms with E-state index in [2.05, 4.69) is 11.5 Å². The molecule has 1 aliphatic heterocycles. The van der Waals surface area contributed by atoms with Crippen LogP contribution in [0.1, 0.15) is 0 Å². The highest BCUT2D eigenvalue weighted by molar-refractivity contribution is 5.73. The molecule has 8 nitrogen and oxygen atoms in total. The van der Waals surface area contributed by atoms with Crippen LogP contribution in [0, 0.1) is 0 Å². The second-order valence-electron chi connectivity index (χ2n) is 4.86. The summed E-state index contributed by atoms with van der Waals surface area (Å²) < 4.78 is 63.5. The molecular formula is C13H18F6N2O6. The average Bonchev–Trinajstić information content (AvgIpc) is 2.48. The molecule has 0 spiro atoms. The first-order chi connectivity index (χ1) is 12.1. The van der Waals surface area contributed by atoms with Crippen molar-refractivity contribution in [2.75, 3.05) is 39.3 Å². The van der Waals surface area contributed by atoms with E-state index in [-0.39, 0.29) is 6.54 Å². The van der Waals surface area contributed by atoms with Crippen molar-refractivity contribution >= 4 is 17.9 Å².